The zero-order valence-electron chi connectivity index (χ0n) is 5.94. The SMILES string of the molecule is FC(F)(CCBr)C(F)(F)C(Cl)(Cl)Cl. The Morgan fingerprint density at radius 2 is 1.38 bits per heavy atom. The van der Waals surface area contributed by atoms with Crippen LogP contribution in [0.5, 0.6) is 0 Å². The molecular weight excluding hydrogens is 322 g/mol. The van der Waals surface area contributed by atoms with Gasteiger partial charge in [0.25, 0.3) is 3.79 Å². The van der Waals surface area contributed by atoms with Crippen molar-refractivity contribution in [2.75, 3.05) is 5.33 Å². The first-order chi connectivity index (χ1) is 5.56. The largest absolute Gasteiger partial charge is 0.356 e. The van der Waals surface area contributed by atoms with E-state index in [1.165, 1.54) is 0 Å². The molecule has 0 atom stereocenters. The summed E-state index contributed by atoms with van der Waals surface area (Å²) < 4.78 is 47.5. The summed E-state index contributed by atoms with van der Waals surface area (Å²) in [7, 11) is 0. The second kappa shape index (κ2) is 4.29. The molecule has 0 fully saturated rings. The van der Waals surface area contributed by atoms with Crippen LogP contribution in [0.15, 0.2) is 0 Å². The molecule has 8 heteroatoms. The molecule has 0 nitrogen and oxygen atoms in total. The van der Waals surface area contributed by atoms with Crippen molar-refractivity contribution >= 4 is 50.7 Å². The Hall–Kier alpha value is 1.07. The maximum absolute atomic E-state index is 12.7. The van der Waals surface area contributed by atoms with Gasteiger partial charge in [-0.15, -0.1) is 0 Å². The number of rotatable bonds is 3. The molecule has 0 aliphatic heterocycles. The number of hydrogen-bond acceptors (Lipinski definition) is 0. The highest BCUT2D eigenvalue weighted by atomic mass is 79.9. The molecular formula is C5H4BrCl3F4. The van der Waals surface area contributed by atoms with Gasteiger partial charge in [-0.1, -0.05) is 50.7 Å². The summed E-state index contributed by atoms with van der Waals surface area (Å²) in [5.74, 6) is -9.03. The van der Waals surface area contributed by atoms with E-state index in [9.17, 15) is 17.6 Å². The van der Waals surface area contributed by atoms with Gasteiger partial charge in [-0.2, -0.15) is 17.6 Å². The van der Waals surface area contributed by atoms with Gasteiger partial charge in [-0.3, -0.25) is 0 Å². The van der Waals surface area contributed by atoms with Crippen molar-refractivity contribution in [3.63, 3.8) is 0 Å². The lowest BCUT2D eigenvalue weighted by Gasteiger charge is -2.31. The van der Waals surface area contributed by atoms with Crippen LogP contribution in [0.4, 0.5) is 17.6 Å². The molecule has 0 aliphatic carbocycles. The Kier molecular flexibility index (Phi) is 4.64. The van der Waals surface area contributed by atoms with Gasteiger partial charge in [0.15, 0.2) is 0 Å². The lowest BCUT2D eigenvalue weighted by Crippen LogP contribution is -2.50. The second-order valence-electron chi connectivity index (χ2n) is 2.22. The van der Waals surface area contributed by atoms with Gasteiger partial charge in [-0.05, 0) is 0 Å². The third-order valence-corrected chi connectivity index (χ3v) is 2.33. The van der Waals surface area contributed by atoms with Crippen molar-refractivity contribution < 1.29 is 17.6 Å². The predicted octanol–water partition coefficient (Wildman–Crippen LogP) is 4.41. The lowest BCUT2D eigenvalue weighted by molar-refractivity contribution is -0.206. The minimum atomic E-state index is -4.68. The molecule has 0 amide bonds. The third kappa shape index (κ3) is 3.01. The Balaban J connectivity index is 4.81. The summed E-state index contributed by atoms with van der Waals surface area (Å²) in [5, 5.41) is -0.309. The van der Waals surface area contributed by atoms with E-state index in [0.29, 0.717) is 0 Å². The van der Waals surface area contributed by atoms with Crippen molar-refractivity contribution in [2.45, 2.75) is 22.1 Å². The molecule has 0 saturated heterocycles. The first-order valence-electron chi connectivity index (χ1n) is 2.94. The zero-order chi connectivity index (χ0) is 10.9. The fourth-order valence-corrected chi connectivity index (χ4v) is 1.40. The van der Waals surface area contributed by atoms with Crippen LogP contribution in [-0.4, -0.2) is 21.0 Å². The maximum Gasteiger partial charge on any atom is 0.356 e. The standard InChI is InChI=1S/C5H4BrCl3F4/c6-2-1-3(10,11)4(12,13)5(7,8)9/h1-2H2. The summed E-state index contributed by atoms with van der Waals surface area (Å²) in [5.41, 5.74) is 0. The van der Waals surface area contributed by atoms with Crippen molar-refractivity contribution in [3.8, 4) is 0 Å². The second-order valence-corrected chi connectivity index (χ2v) is 5.29. The van der Waals surface area contributed by atoms with Crippen molar-refractivity contribution in [1.29, 1.82) is 0 Å². The van der Waals surface area contributed by atoms with Crippen LogP contribution in [-0.2, 0) is 0 Å². The topological polar surface area (TPSA) is 0 Å². The highest BCUT2D eigenvalue weighted by Crippen LogP contribution is 2.52. The first-order valence-corrected chi connectivity index (χ1v) is 5.20. The van der Waals surface area contributed by atoms with Crippen molar-refractivity contribution in [2.24, 2.45) is 0 Å². The van der Waals surface area contributed by atoms with Crippen LogP contribution in [0.3, 0.4) is 0 Å². The van der Waals surface area contributed by atoms with E-state index in [2.05, 4.69) is 15.9 Å². The molecule has 0 spiro atoms. The number of hydrogen-bond donors (Lipinski definition) is 0. The molecule has 0 bridgehead atoms. The molecule has 0 heterocycles. The van der Waals surface area contributed by atoms with E-state index in [-0.39, 0.29) is 5.33 Å². The van der Waals surface area contributed by atoms with Gasteiger partial charge >= 0.3 is 11.8 Å². The summed E-state index contributed by atoms with van der Waals surface area (Å²) in [6.07, 6.45) is -1.10. The molecule has 13 heavy (non-hydrogen) atoms. The van der Waals surface area contributed by atoms with Crippen molar-refractivity contribution in [1.82, 2.24) is 0 Å². The molecule has 0 aliphatic rings. The number of alkyl halides is 8. The van der Waals surface area contributed by atoms with Crippen LogP contribution in [0.2, 0.25) is 0 Å². The average Bonchev–Trinajstić information content (AvgIpc) is 1.84. The Labute approximate surface area is 95.6 Å². The molecule has 0 N–H and O–H groups in total. The van der Waals surface area contributed by atoms with Crippen LogP contribution in [0, 0.1) is 0 Å². The van der Waals surface area contributed by atoms with E-state index in [1.54, 1.807) is 0 Å². The van der Waals surface area contributed by atoms with Gasteiger partial charge < -0.3 is 0 Å². The highest BCUT2D eigenvalue weighted by Gasteiger charge is 2.67. The van der Waals surface area contributed by atoms with Crippen LogP contribution < -0.4 is 0 Å². The molecule has 0 radical (unpaired) electrons. The zero-order valence-corrected chi connectivity index (χ0v) is 9.79. The summed E-state index contributed by atoms with van der Waals surface area (Å²) in [6.45, 7) is 0. The Bertz CT molecular complexity index is 179. The van der Waals surface area contributed by atoms with Crippen LogP contribution >= 0.6 is 50.7 Å². The molecule has 0 rings (SSSR count). The van der Waals surface area contributed by atoms with Gasteiger partial charge in [0.1, 0.15) is 0 Å². The molecule has 0 aromatic carbocycles. The summed E-state index contributed by atoms with van der Waals surface area (Å²) in [6, 6.07) is 0. The minimum absolute atomic E-state index is 0.309. The minimum Gasteiger partial charge on any atom is -0.200 e. The summed E-state index contributed by atoms with van der Waals surface area (Å²) >= 11 is 16.8. The van der Waals surface area contributed by atoms with Crippen LogP contribution in [0.25, 0.3) is 0 Å². The highest BCUT2D eigenvalue weighted by molar-refractivity contribution is 9.09. The van der Waals surface area contributed by atoms with Crippen LogP contribution in [0.1, 0.15) is 6.42 Å². The molecule has 80 valence electrons. The fraction of sp³-hybridized carbons (Fsp3) is 1.00. The number of halogens is 8. The predicted molar refractivity (Wildman–Crippen MR) is 48.6 cm³/mol. The molecule has 0 unspecified atom stereocenters. The van der Waals surface area contributed by atoms with Gasteiger partial charge in [0.05, 0.1) is 0 Å². The normalized spacial score (nSPS) is 14.8. The Morgan fingerprint density at radius 1 is 1.00 bits per heavy atom. The van der Waals surface area contributed by atoms with Gasteiger partial charge in [0, 0.05) is 11.8 Å². The maximum atomic E-state index is 12.7. The van der Waals surface area contributed by atoms with E-state index < -0.39 is 22.1 Å². The lowest BCUT2D eigenvalue weighted by atomic mass is 10.1. The molecule has 0 aromatic rings. The van der Waals surface area contributed by atoms with E-state index in [0.717, 1.165) is 0 Å². The fourth-order valence-electron chi connectivity index (χ4n) is 0.483. The van der Waals surface area contributed by atoms with E-state index >= 15 is 0 Å². The van der Waals surface area contributed by atoms with E-state index in [4.69, 9.17) is 34.8 Å². The van der Waals surface area contributed by atoms with Gasteiger partial charge in [0.2, 0.25) is 0 Å². The first kappa shape index (κ1) is 14.1. The van der Waals surface area contributed by atoms with Gasteiger partial charge in [-0.25, -0.2) is 0 Å². The average molecular weight is 326 g/mol. The smallest absolute Gasteiger partial charge is 0.200 e. The summed E-state index contributed by atoms with van der Waals surface area (Å²) in [4.78, 5) is 0. The van der Waals surface area contributed by atoms with Crippen molar-refractivity contribution in [3.05, 3.63) is 0 Å². The Morgan fingerprint density at radius 3 is 1.62 bits per heavy atom. The quantitative estimate of drug-likeness (QED) is 0.532. The third-order valence-electron chi connectivity index (χ3n) is 1.22. The van der Waals surface area contributed by atoms with E-state index in [1.807, 2.05) is 0 Å². The molecule has 0 saturated carbocycles. The molecule has 0 aromatic heterocycles. The monoisotopic (exact) mass is 324 g/mol.